The first-order valence-electron chi connectivity index (χ1n) is 5.45. The highest BCUT2D eigenvalue weighted by Gasteiger charge is 2.15. The van der Waals surface area contributed by atoms with Crippen LogP contribution in [0.15, 0.2) is 0 Å². The number of nitrogens with one attached hydrogen (secondary N) is 1. The molecule has 0 aliphatic carbocycles. The normalized spacial score (nSPS) is 12.5. The minimum absolute atomic E-state index is 0.00971. The summed E-state index contributed by atoms with van der Waals surface area (Å²) in [4.78, 5) is 21.6. The van der Waals surface area contributed by atoms with E-state index in [1.54, 1.807) is 0 Å². The zero-order valence-corrected chi connectivity index (χ0v) is 9.75. The van der Waals surface area contributed by atoms with Gasteiger partial charge in [0, 0.05) is 13.0 Å². The van der Waals surface area contributed by atoms with Gasteiger partial charge in [0.1, 0.15) is 0 Å². The Morgan fingerprint density at radius 1 is 1.33 bits per heavy atom. The number of carbonyl (C=O) groups is 2. The van der Waals surface area contributed by atoms with Gasteiger partial charge in [0.15, 0.2) is 0 Å². The Morgan fingerprint density at radius 3 is 2.33 bits per heavy atom. The van der Waals surface area contributed by atoms with Crippen molar-refractivity contribution in [2.24, 2.45) is 11.8 Å². The van der Waals surface area contributed by atoms with Gasteiger partial charge < -0.3 is 10.4 Å². The molecule has 1 amide bonds. The topological polar surface area (TPSA) is 66.4 Å². The van der Waals surface area contributed by atoms with Crippen LogP contribution in [0.1, 0.15) is 40.0 Å². The van der Waals surface area contributed by atoms with Gasteiger partial charge in [0.2, 0.25) is 5.91 Å². The van der Waals surface area contributed by atoms with Crippen LogP contribution in [0.4, 0.5) is 0 Å². The maximum absolute atomic E-state index is 11.4. The van der Waals surface area contributed by atoms with Gasteiger partial charge in [0.25, 0.3) is 0 Å². The minimum Gasteiger partial charge on any atom is -0.481 e. The third kappa shape index (κ3) is 6.94. The van der Waals surface area contributed by atoms with Crippen LogP contribution in [0.5, 0.6) is 0 Å². The van der Waals surface area contributed by atoms with Crippen molar-refractivity contribution in [3.8, 4) is 0 Å². The molecule has 0 radical (unpaired) electrons. The molecule has 0 bridgehead atoms. The maximum Gasteiger partial charge on any atom is 0.305 e. The summed E-state index contributed by atoms with van der Waals surface area (Å²) < 4.78 is 0. The fourth-order valence-corrected chi connectivity index (χ4v) is 1.47. The molecule has 0 fully saturated rings. The van der Waals surface area contributed by atoms with E-state index in [-0.39, 0.29) is 18.9 Å². The van der Waals surface area contributed by atoms with Crippen LogP contribution in [-0.2, 0) is 9.59 Å². The number of amides is 1. The van der Waals surface area contributed by atoms with Crippen molar-refractivity contribution in [2.75, 3.05) is 6.54 Å². The van der Waals surface area contributed by atoms with Gasteiger partial charge in [0.05, 0.1) is 6.42 Å². The van der Waals surface area contributed by atoms with E-state index in [2.05, 4.69) is 26.1 Å². The molecule has 0 spiro atoms. The maximum atomic E-state index is 11.4. The second-order valence-corrected chi connectivity index (χ2v) is 4.11. The van der Waals surface area contributed by atoms with Crippen LogP contribution >= 0.6 is 0 Å². The van der Waals surface area contributed by atoms with E-state index < -0.39 is 5.97 Å². The van der Waals surface area contributed by atoms with Gasteiger partial charge >= 0.3 is 5.97 Å². The van der Waals surface area contributed by atoms with E-state index in [1.807, 2.05) is 0 Å². The fourth-order valence-electron chi connectivity index (χ4n) is 1.47. The lowest BCUT2D eigenvalue weighted by molar-refractivity contribution is -0.136. The van der Waals surface area contributed by atoms with Crippen LogP contribution in [0.2, 0.25) is 0 Å². The first-order chi connectivity index (χ1) is 6.97. The quantitative estimate of drug-likeness (QED) is 0.678. The molecule has 2 N–H and O–H groups in total. The molecule has 0 aliphatic rings. The summed E-state index contributed by atoms with van der Waals surface area (Å²) in [7, 11) is 0. The number of hydrogen-bond acceptors (Lipinski definition) is 2. The van der Waals surface area contributed by atoms with Crippen molar-refractivity contribution < 1.29 is 14.7 Å². The lowest BCUT2D eigenvalue weighted by Crippen LogP contribution is -2.28. The SMILES string of the molecule is CCC(CC(=O)NCCC(=O)O)C(C)C. The molecule has 0 aliphatic heterocycles. The lowest BCUT2D eigenvalue weighted by Gasteiger charge is -2.18. The Labute approximate surface area is 91.1 Å². The van der Waals surface area contributed by atoms with Crippen molar-refractivity contribution in [2.45, 2.75) is 40.0 Å². The van der Waals surface area contributed by atoms with Crippen molar-refractivity contribution in [3.05, 3.63) is 0 Å². The molecule has 0 saturated carbocycles. The third-order valence-electron chi connectivity index (χ3n) is 2.58. The number of aliphatic carboxylic acids is 1. The summed E-state index contributed by atoms with van der Waals surface area (Å²) in [6.45, 7) is 6.48. The number of carbonyl (C=O) groups excluding carboxylic acids is 1. The molecule has 0 rings (SSSR count). The molecule has 4 heteroatoms. The van der Waals surface area contributed by atoms with E-state index in [1.165, 1.54) is 0 Å². The molecule has 15 heavy (non-hydrogen) atoms. The highest BCUT2D eigenvalue weighted by molar-refractivity contribution is 5.77. The van der Waals surface area contributed by atoms with Gasteiger partial charge in [-0.2, -0.15) is 0 Å². The summed E-state index contributed by atoms with van der Waals surface area (Å²) in [5.74, 6) is -0.0574. The Hall–Kier alpha value is -1.06. The number of rotatable bonds is 7. The summed E-state index contributed by atoms with van der Waals surface area (Å²) in [6.07, 6.45) is 1.46. The average molecular weight is 215 g/mol. The molecule has 4 nitrogen and oxygen atoms in total. The van der Waals surface area contributed by atoms with Gasteiger partial charge in [-0.1, -0.05) is 27.2 Å². The summed E-state index contributed by atoms with van der Waals surface area (Å²) in [5, 5.41) is 11.0. The molecule has 0 aromatic rings. The highest BCUT2D eigenvalue weighted by atomic mass is 16.4. The second kappa shape index (κ2) is 7.26. The average Bonchev–Trinajstić information content (AvgIpc) is 2.13. The molecule has 88 valence electrons. The Kier molecular flexibility index (Phi) is 6.75. The molecular weight excluding hydrogens is 194 g/mol. The number of carboxylic acids is 1. The van der Waals surface area contributed by atoms with Crippen molar-refractivity contribution in [1.29, 1.82) is 0 Å². The summed E-state index contributed by atoms with van der Waals surface area (Å²) in [6, 6.07) is 0. The van der Waals surface area contributed by atoms with Crippen LogP contribution in [0.3, 0.4) is 0 Å². The van der Waals surface area contributed by atoms with E-state index in [9.17, 15) is 9.59 Å². The Morgan fingerprint density at radius 2 is 1.93 bits per heavy atom. The largest absolute Gasteiger partial charge is 0.481 e. The zero-order valence-electron chi connectivity index (χ0n) is 9.75. The number of carboxylic acid groups (broad SMARTS) is 1. The van der Waals surface area contributed by atoms with Crippen molar-refractivity contribution in [1.82, 2.24) is 5.32 Å². The van der Waals surface area contributed by atoms with Crippen molar-refractivity contribution >= 4 is 11.9 Å². The monoisotopic (exact) mass is 215 g/mol. The summed E-state index contributed by atoms with van der Waals surface area (Å²) in [5.41, 5.74) is 0. The second-order valence-electron chi connectivity index (χ2n) is 4.11. The summed E-state index contributed by atoms with van der Waals surface area (Å²) >= 11 is 0. The van der Waals surface area contributed by atoms with E-state index in [4.69, 9.17) is 5.11 Å². The highest BCUT2D eigenvalue weighted by Crippen LogP contribution is 2.18. The van der Waals surface area contributed by atoms with Gasteiger partial charge in [-0.25, -0.2) is 0 Å². The van der Waals surface area contributed by atoms with Gasteiger partial charge in [-0.15, -0.1) is 0 Å². The predicted octanol–water partition coefficient (Wildman–Crippen LogP) is 1.65. The molecule has 1 unspecified atom stereocenters. The smallest absolute Gasteiger partial charge is 0.305 e. The third-order valence-corrected chi connectivity index (χ3v) is 2.58. The first-order valence-corrected chi connectivity index (χ1v) is 5.45. The van der Waals surface area contributed by atoms with Crippen LogP contribution in [0, 0.1) is 11.8 Å². The zero-order chi connectivity index (χ0) is 11.8. The minimum atomic E-state index is -0.883. The molecular formula is C11H21NO3. The lowest BCUT2D eigenvalue weighted by atomic mass is 9.90. The molecule has 0 aromatic carbocycles. The van der Waals surface area contributed by atoms with Crippen LogP contribution < -0.4 is 5.32 Å². The number of hydrogen-bond donors (Lipinski definition) is 2. The van der Waals surface area contributed by atoms with E-state index in [0.717, 1.165) is 6.42 Å². The van der Waals surface area contributed by atoms with Gasteiger partial charge in [-0.05, 0) is 11.8 Å². The predicted molar refractivity (Wildman–Crippen MR) is 58.5 cm³/mol. The van der Waals surface area contributed by atoms with Gasteiger partial charge in [-0.3, -0.25) is 9.59 Å². The molecule has 0 saturated heterocycles. The van der Waals surface area contributed by atoms with Crippen LogP contribution in [0.25, 0.3) is 0 Å². The standard InChI is InChI=1S/C11H21NO3/c1-4-9(8(2)3)7-10(13)12-6-5-11(14)15/h8-9H,4-7H2,1-3H3,(H,12,13)(H,14,15). The van der Waals surface area contributed by atoms with E-state index in [0.29, 0.717) is 18.3 Å². The molecule has 0 aromatic heterocycles. The fraction of sp³-hybridized carbons (Fsp3) is 0.818. The van der Waals surface area contributed by atoms with Crippen LogP contribution in [-0.4, -0.2) is 23.5 Å². The molecule has 0 heterocycles. The Balaban J connectivity index is 3.76. The molecule has 1 atom stereocenters. The van der Waals surface area contributed by atoms with E-state index >= 15 is 0 Å². The Bertz CT molecular complexity index is 214. The first kappa shape index (κ1) is 13.9. The van der Waals surface area contributed by atoms with Crippen molar-refractivity contribution in [3.63, 3.8) is 0 Å².